The zero-order valence-electron chi connectivity index (χ0n) is 18.2. The van der Waals surface area contributed by atoms with Crippen LogP contribution in [0.1, 0.15) is 11.1 Å². The number of carbonyl (C=O) groups is 2. The Morgan fingerprint density at radius 3 is 2.43 bits per heavy atom. The van der Waals surface area contributed by atoms with E-state index in [0.717, 1.165) is 29.2 Å². The Balaban J connectivity index is 1.66. The summed E-state index contributed by atoms with van der Waals surface area (Å²) in [6, 6.07) is 11.2. The molecule has 1 fully saturated rings. The van der Waals surface area contributed by atoms with Gasteiger partial charge >= 0.3 is 5.69 Å². The monoisotopic (exact) mass is 607 g/mol. The molecule has 0 aromatic heterocycles. The van der Waals surface area contributed by atoms with Crippen molar-refractivity contribution in [3.63, 3.8) is 0 Å². The summed E-state index contributed by atoms with van der Waals surface area (Å²) < 4.78 is 19.6. The standard InChI is InChI=1S/C23H12BrClFN3O7S/c24-14-2-5-19(36-20-6-4-16(28(32)33)10-18(20)29(34)35)13(7-14)8-21-22(30)27(23(31)37-21)11-12-1-3-15(26)9-17(12)25/h1-10H,11H2/b21-8-. The fourth-order valence-electron chi connectivity index (χ4n) is 3.29. The number of hydrogen-bond acceptors (Lipinski definition) is 8. The summed E-state index contributed by atoms with van der Waals surface area (Å²) in [7, 11) is 0. The summed E-state index contributed by atoms with van der Waals surface area (Å²) in [4.78, 5) is 47.4. The van der Waals surface area contributed by atoms with Crippen LogP contribution in [-0.4, -0.2) is 25.9 Å². The summed E-state index contributed by atoms with van der Waals surface area (Å²) >= 11 is 10.0. The maximum Gasteiger partial charge on any atom is 0.318 e. The highest BCUT2D eigenvalue weighted by atomic mass is 79.9. The van der Waals surface area contributed by atoms with E-state index in [2.05, 4.69) is 15.9 Å². The molecule has 0 bridgehead atoms. The van der Waals surface area contributed by atoms with Crippen LogP contribution in [0.5, 0.6) is 11.5 Å². The van der Waals surface area contributed by atoms with Crippen LogP contribution in [-0.2, 0) is 11.3 Å². The van der Waals surface area contributed by atoms with Gasteiger partial charge in [-0.1, -0.05) is 33.6 Å². The lowest BCUT2D eigenvalue weighted by molar-refractivity contribution is -0.394. The summed E-state index contributed by atoms with van der Waals surface area (Å²) in [5, 5.41) is 22.0. The number of carbonyl (C=O) groups excluding carboxylic acids is 2. The van der Waals surface area contributed by atoms with Gasteiger partial charge in [-0.2, -0.15) is 0 Å². The average molecular weight is 609 g/mol. The zero-order chi connectivity index (χ0) is 26.9. The van der Waals surface area contributed by atoms with E-state index < -0.39 is 38.2 Å². The number of amides is 2. The summed E-state index contributed by atoms with van der Waals surface area (Å²) in [6.45, 7) is -0.169. The molecule has 0 saturated carbocycles. The van der Waals surface area contributed by atoms with Gasteiger partial charge < -0.3 is 4.74 Å². The predicted octanol–water partition coefficient (Wildman–Crippen LogP) is 7.09. The van der Waals surface area contributed by atoms with Crippen LogP contribution in [0.25, 0.3) is 6.08 Å². The van der Waals surface area contributed by atoms with Crippen LogP contribution < -0.4 is 4.74 Å². The van der Waals surface area contributed by atoms with E-state index in [1.165, 1.54) is 24.3 Å². The van der Waals surface area contributed by atoms with E-state index in [1.54, 1.807) is 12.1 Å². The first-order valence-electron chi connectivity index (χ1n) is 10.1. The Kier molecular flexibility index (Phi) is 7.57. The molecule has 0 N–H and O–H groups in total. The SMILES string of the molecule is O=C1S/C(=C\c2cc(Br)ccc2Oc2ccc([N+](=O)[O-])cc2[N+](=O)[O-])C(=O)N1Cc1ccc(F)cc1Cl. The van der Waals surface area contributed by atoms with Crippen molar-refractivity contribution in [2.75, 3.05) is 0 Å². The van der Waals surface area contributed by atoms with Crippen molar-refractivity contribution in [2.45, 2.75) is 6.54 Å². The molecule has 0 radical (unpaired) electrons. The van der Waals surface area contributed by atoms with Crippen molar-refractivity contribution in [1.29, 1.82) is 0 Å². The molecule has 37 heavy (non-hydrogen) atoms. The molecule has 0 aliphatic carbocycles. The van der Waals surface area contributed by atoms with Crippen LogP contribution >= 0.6 is 39.3 Å². The fraction of sp³-hybridized carbons (Fsp3) is 0.0435. The first-order chi connectivity index (χ1) is 17.5. The van der Waals surface area contributed by atoms with Gasteiger partial charge in [0.1, 0.15) is 11.6 Å². The maximum atomic E-state index is 13.3. The second kappa shape index (κ2) is 10.7. The van der Waals surface area contributed by atoms with Crippen molar-refractivity contribution in [3.8, 4) is 11.5 Å². The van der Waals surface area contributed by atoms with Crippen LogP contribution in [0.4, 0.5) is 20.6 Å². The lowest BCUT2D eigenvalue weighted by Gasteiger charge is -2.13. The van der Waals surface area contributed by atoms with Crippen molar-refractivity contribution >= 4 is 67.9 Å². The van der Waals surface area contributed by atoms with Gasteiger partial charge in [-0.25, -0.2) is 4.39 Å². The molecule has 188 valence electrons. The molecule has 4 rings (SSSR count). The van der Waals surface area contributed by atoms with Crippen molar-refractivity contribution in [2.24, 2.45) is 0 Å². The minimum Gasteiger partial charge on any atom is -0.449 e. The van der Waals surface area contributed by atoms with Crippen LogP contribution in [0, 0.1) is 26.0 Å². The molecule has 1 saturated heterocycles. The molecule has 3 aromatic rings. The highest BCUT2D eigenvalue weighted by molar-refractivity contribution is 9.10. The minimum atomic E-state index is -0.813. The van der Waals surface area contributed by atoms with E-state index in [9.17, 15) is 34.2 Å². The molecule has 2 amide bonds. The Labute approximate surface area is 225 Å². The average Bonchev–Trinajstić information content (AvgIpc) is 3.09. The van der Waals surface area contributed by atoms with Crippen LogP contribution in [0.15, 0.2) is 64.0 Å². The van der Waals surface area contributed by atoms with E-state index in [4.69, 9.17) is 16.3 Å². The molecular formula is C23H12BrClFN3O7S. The number of halogens is 3. The molecule has 1 heterocycles. The maximum absolute atomic E-state index is 13.3. The number of benzene rings is 3. The molecule has 10 nitrogen and oxygen atoms in total. The Morgan fingerprint density at radius 1 is 1.03 bits per heavy atom. The number of non-ortho nitro benzene ring substituents is 1. The van der Waals surface area contributed by atoms with E-state index in [-0.39, 0.29) is 28.0 Å². The molecule has 3 aromatic carbocycles. The van der Waals surface area contributed by atoms with Gasteiger partial charge in [0, 0.05) is 21.1 Å². The van der Waals surface area contributed by atoms with Crippen molar-refractivity contribution in [3.05, 3.63) is 106 Å². The number of nitro benzene ring substituents is 2. The summed E-state index contributed by atoms with van der Waals surface area (Å²) in [6.07, 6.45) is 1.38. The fourth-order valence-corrected chi connectivity index (χ4v) is 4.72. The topological polar surface area (TPSA) is 133 Å². The number of nitrogens with zero attached hydrogens (tertiary/aromatic N) is 3. The van der Waals surface area contributed by atoms with E-state index in [1.807, 2.05) is 0 Å². The lowest BCUT2D eigenvalue weighted by Crippen LogP contribution is -2.27. The quantitative estimate of drug-likeness (QED) is 0.158. The number of rotatable bonds is 7. The van der Waals surface area contributed by atoms with Gasteiger partial charge in [-0.3, -0.25) is 34.7 Å². The first kappa shape index (κ1) is 26.3. The molecule has 1 aliphatic heterocycles. The van der Waals surface area contributed by atoms with Crippen LogP contribution in [0.3, 0.4) is 0 Å². The highest BCUT2D eigenvalue weighted by Crippen LogP contribution is 2.39. The molecule has 0 atom stereocenters. The Bertz CT molecular complexity index is 1520. The van der Waals surface area contributed by atoms with Gasteiger partial charge in [0.05, 0.1) is 27.4 Å². The summed E-state index contributed by atoms with van der Waals surface area (Å²) in [5.41, 5.74) is -0.430. The first-order valence-corrected chi connectivity index (χ1v) is 12.1. The molecule has 1 aliphatic rings. The molecular weight excluding hydrogens is 597 g/mol. The van der Waals surface area contributed by atoms with Gasteiger partial charge in [-0.15, -0.1) is 0 Å². The smallest absolute Gasteiger partial charge is 0.318 e. The minimum absolute atomic E-state index is 0.0457. The van der Waals surface area contributed by atoms with E-state index >= 15 is 0 Å². The predicted molar refractivity (Wildman–Crippen MR) is 137 cm³/mol. The Hall–Kier alpha value is -3.81. The third-order valence-electron chi connectivity index (χ3n) is 5.05. The third-order valence-corrected chi connectivity index (χ3v) is 6.80. The number of hydrogen-bond donors (Lipinski definition) is 0. The van der Waals surface area contributed by atoms with E-state index in [0.29, 0.717) is 27.4 Å². The van der Waals surface area contributed by atoms with Gasteiger partial charge in [0.15, 0.2) is 0 Å². The molecule has 0 unspecified atom stereocenters. The number of ether oxygens (including phenoxy) is 1. The molecule has 14 heteroatoms. The second-order valence-corrected chi connectivity index (χ2v) is 9.77. The van der Waals surface area contributed by atoms with Crippen molar-refractivity contribution < 1.29 is 28.6 Å². The van der Waals surface area contributed by atoms with Gasteiger partial charge in [-0.05, 0) is 59.8 Å². The van der Waals surface area contributed by atoms with Crippen LogP contribution in [0.2, 0.25) is 5.02 Å². The summed E-state index contributed by atoms with van der Waals surface area (Å²) in [5.74, 6) is -1.35. The van der Waals surface area contributed by atoms with Crippen molar-refractivity contribution in [1.82, 2.24) is 4.90 Å². The third kappa shape index (κ3) is 5.79. The number of imide groups is 1. The number of thioether (sulfide) groups is 1. The second-order valence-electron chi connectivity index (χ2n) is 7.45. The molecule has 0 spiro atoms. The highest BCUT2D eigenvalue weighted by Gasteiger charge is 2.35. The van der Waals surface area contributed by atoms with Gasteiger partial charge in [0.2, 0.25) is 5.75 Å². The largest absolute Gasteiger partial charge is 0.449 e. The van der Waals surface area contributed by atoms with Gasteiger partial charge in [0.25, 0.3) is 16.8 Å². The lowest BCUT2D eigenvalue weighted by atomic mass is 10.1. The zero-order valence-corrected chi connectivity index (χ0v) is 21.4. The number of nitro groups is 2. The normalized spacial score (nSPS) is 14.4. The Morgan fingerprint density at radius 2 is 1.76 bits per heavy atom.